The minimum absolute atomic E-state index is 0.00111. The SMILES string of the molecule is CC(C)c1cc(Oc2c(Cl)c(F)nc(CC[C@H](Cc3ccc(Cl)cc3)C(=O)O)c2Cl)ccc1O. The molecular weight excluding hydrogens is 504 g/mol. The number of phenols is 1. The Morgan fingerprint density at radius 1 is 1.09 bits per heavy atom. The average Bonchev–Trinajstić information content (AvgIpc) is 2.79. The Bertz CT molecular complexity index is 1190. The smallest absolute Gasteiger partial charge is 0.306 e. The standard InChI is InChI=1S/C25H23Cl3FNO4/c1-13(2)18-12-17(8-10-20(18)31)34-23-21(27)19(30-24(29)22(23)28)9-5-15(25(32)33)11-14-3-6-16(26)7-4-14/h3-4,6-8,10,12-13,15,31H,5,9,11H2,1-2H3,(H,32,33)/t15-/m1/s1. The normalized spacial score (nSPS) is 12.1. The van der Waals surface area contributed by atoms with Gasteiger partial charge >= 0.3 is 5.97 Å². The van der Waals surface area contributed by atoms with Crippen LogP contribution in [0.25, 0.3) is 0 Å². The number of pyridine rings is 1. The number of aryl methyl sites for hydroxylation is 1. The molecule has 0 bridgehead atoms. The Kier molecular flexibility index (Phi) is 8.63. The molecule has 34 heavy (non-hydrogen) atoms. The van der Waals surface area contributed by atoms with Crippen LogP contribution in [0.15, 0.2) is 42.5 Å². The maximum absolute atomic E-state index is 14.5. The number of carbonyl (C=O) groups is 1. The van der Waals surface area contributed by atoms with Crippen LogP contribution >= 0.6 is 34.8 Å². The molecule has 3 rings (SSSR count). The highest BCUT2D eigenvalue weighted by Gasteiger charge is 2.23. The molecule has 180 valence electrons. The van der Waals surface area contributed by atoms with Gasteiger partial charge in [0.2, 0.25) is 5.95 Å². The number of carboxylic acids is 1. The van der Waals surface area contributed by atoms with Crippen LogP contribution in [0.2, 0.25) is 15.1 Å². The van der Waals surface area contributed by atoms with Gasteiger partial charge in [0, 0.05) is 10.6 Å². The van der Waals surface area contributed by atoms with Crippen molar-refractivity contribution in [2.24, 2.45) is 5.92 Å². The van der Waals surface area contributed by atoms with E-state index >= 15 is 0 Å². The summed E-state index contributed by atoms with van der Waals surface area (Å²) in [6.45, 7) is 3.82. The van der Waals surface area contributed by atoms with E-state index < -0.39 is 17.8 Å². The lowest BCUT2D eigenvalue weighted by Gasteiger charge is -2.16. The van der Waals surface area contributed by atoms with Crippen molar-refractivity contribution < 1.29 is 24.1 Å². The zero-order valence-electron chi connectivity index (χ0n) is 18.5. The Balaban J connectivity index is 1.83. The number of ether oxygens (including phenoxy) is 1. The number of phenolic OH excluding ortho intramolecular Hbond substituents is 1. The van der Waals surface area contributed by atoms with Crippen molar-refractivity contribution in [1.82, 2.24) is 4.98 Å². The first-order valence-electron chi connectivity index (χ1n) is 10.6. The van der Waals surface area contributed by atoms with Crippen LogP contribution in [0.4, 0.5) is 4.39 Å². The second kappa shape index (κ2) is 11.3. The summed E-state index contributed by atoms with van der Waals surface area (Å²) in [5, 5.41) is 19.9. The molecule has 1 aromatic heterocycles. The van der Waals surface area contributed by atoms with E-state index in [4.69, 9.17) is 39.5 Å². The zero-order chi connectivity index (χ0) is 25.0. The third-order valence-corrected chi connectivity index (χ3v) is 6.35. The Morgan fingerprint density at radius 3 is 2.38 bits per heavy atom. The van der Waals surface area contributed by atoms with Crippen LogP contribution in [-0.4, -0.2) is 21.2 Å². The van der Waals surface area contributed by atoms with Gasteiger partial charge in [-0.3, -0.25) is 4.79 Å². The van der Waals surface area contributed by atoms with E-state index in [1.165, 1.54) is 12.1 Å². The topological polar surface area (TPSA) is 79.7 Å². The zero-order valence-corrected chi connectivity index (χ0v) is 20.8. The summed E-state index contributed by atoms with van der Waals surface area (Å²) in [7, 11) is 0. The fourth-order valence-corrected chi connectivity index (χ4v) is 4.12. The molecule has 0 fully saturated rings. The molecule has 0 aliphatic heterocycles. The molecule has 0 saturated heterocycles. The highest BCUT2D eigenvalue weighted by Crippen LogP contribution is 2.41. The average molecular weight is 527 g/mol. The highest BCUT2D eigenvalue weighted by molar-refractivity contribution is 6.37. The first-order valence-corrected chi connectivity index (χ1v) is 11.7. The molecule has 0 amide bonds. The van der Waals surface area contributed by atoms with Gasteiger partial charge in [-0.2, -0.15) is 4.39 Å². The third kappa shape index (κ3) is 6.32. The summed E-state index contributed by atoms with van der Waals surface area (Å²) in [6.07, 6.45) is 0.539. The fraction of sp³-hybridized carbons (Fsp3) is 0.280. The van der Waals surface area contributed by atoms with Crippen molar-refractivity contribution in [2.45, 2.75) is 39.0 Å². The largest absolute Gasteiger partial charge is 0.508 e. The van der Waals surface area contributed by atoms with Crippen LogP contribution in [0.1, 0.15) is 43.0 Å². The second-order valence-corrected chi connectivity index (χ2v) is 9.38. The van der Waals surface area contributed by atoms with Gasteiger partial charge in [-0.05, 0) is 61.1 Å². The van der Waals surface area contributed by atoms with E-state index in [0.717, 1.165) is 5.56 Å². The van der Waals surface area contributed by atoms with E-state index in [1.807, 2.05) is 13.8 Å². The number of aliphatic carboxylic acids is 1. The number of halogens is 4. The van der Waals surface area contributed by atoms with E-state index in [0.29, 0.717) is 16.3 Å². The molecule has 3 aromatic rings. The van der Waals surface area contributed by atoms with Crippen molar-refractivity contribution in [3.63, 3.8) is 0 Å². The molecule has 0 aliphatic carbocycles. The molecule has 0 spiro atoms. The Morgan fingerprint density at radius 2 is 1.76 bits per heavy atom. The first-order chi connectivity index (χ1) is 16.1. The Labute approximate surface area is 212 Å². The molecule has 9 heteroatoms. The lowest BCUT2D eigenvalue weighted by Crippen LogP contribution is -2.18. The molecule has 2 N–H and O–H groups in total. The van der Waals surface area contributed by atoms with Crippen molar-refractivity contribution in [3.8, 4) is 17.2 Å². The van der Waals surface area contributed by atoms with Gasteiger partial charge in [-0.15, -0.1) is 0 Å². The summed E-state index contributed by atoms with van der Waals surface area (Å²) in [4.78, 5) is 15.6. The number of rotatable bonds is 9. The van der Waals surface area contributed by atoms with E-state index in [-0.39, 0.29) is 52.4 Å². The van der Waals surface area contributed by atoms with Gasteiger partial charge in [-0.25, -0.2) is 4.98 Å². The molecule has 0 aliphatic rings. The van der Waals surface area contributed by atoms with Crippen LogP contribution < -0.4 is 4.74 Å². The van der Waals surface area contributed by atoms with E-state index in [2.05, 4.69) is 4.98 Å². The van der Waals surface area contributed by atoms with Crippen LogP contribution in [0.3, 0.4) is 0 Å². The predicted molar refractivity (Wildman–Crippen MR) is 131 cm³/mol. The first kappa shape index (κ1) is 26.1. The summed E-state index contributed by atoms with van der Waals surface area (Å²) in [5.41, 5.74) is 1.60. The molecule has 2 aromatic carbocycles. The van der Waals surface area contributed by atoms with E-state index in [9.17, 15) is 19.4 Å². The van der Waals surface area contributed by atoms with Crippen molar-refractivity contribution in [3.05, 3.63) is 80.3 Å². The maximum Gasteiger partial charge on any atom is 0.306 e. The monoisotopic (exact) mass is 525 g/mol. The third-order valence-electron chi connectivity index (χ3n) is 5.38. The summed E-state index contributed by atoms with van der Waals surface area (Å²) in [5.74, 6) is -2.36. The van der Waals surface area contributed by atoms with Crippen LogP contribution in [-0.2, 0) is 17.6 Å². The number of benzene rings is 2. The highest BCUT2D eigenvalue weighted by atomic mass is 35.5. The number of nitrogens with zero attached hydrogens (tertiary/aromatic N) is 1. The fourth-order valence-electron chi connectivity index (χ4n) is 3.50. The maximum atomic E-state index is 14.5. The molecule has 5 nitrogen and oxygen atoms in total. The van der Waals surface area contributed by atoms with E-state index in [1.54, 1.807) is 30.3 Å². The number of hydrogen-bond donors (Lipinski definition) is 2. The minimum atomic E-state index is -0.984. The molecule has 0 unspecified atom stereocenters. The summed E-state index contributed by atoms with van der Waals surface area (Å²) < 4.78 is 20.3. The lowest BCUT2D eigenvalue weighted by atomic mass is 9.94. The number of carboxylic acid groups (broad SMARTS) is 1. The van der Waals surface area contributed by atoms with Gasteiger partial charge in [-0.1, -0.05) is 60.8 Å². The molecular formula is C25H23Cl3FNO4. The molecule has 0 radical (unpaired) electrons. The second-order valence-electron chi connectivity index (χ2n) is 8.19. The predicted octanol–water partition coefficient (Wildman–Crippen LogP) is 7.68. The summed E-state index contributed by atoms with van der Waals surface area (Å²) in [6, 6.07) is 11.5. The van der Waals surface area contributed by atoms with Gasteiger partial charge in [0.25, 0.3) is 0 Å². The van der Waals surface area contributed by atoms with Crippen molar-refractivity contribution >= 4 is 40.8 Å². The summed E-state index contributed by atoms with van der Waals surface area (Å²) >= 11 is 18.4. The molecule has 0 saturated carbocycles. The van der Waals surface area contributed by atoms with Gasteiger partial charge in [0.1, 0.15) is 21.5 Å². The van der Waals surface area contributed by atoms with Crippen molar-refractivity contribution in [2.75, 3.05) is 0 Å². The number of aromatic nitrogens is 1. The number of hydrogen-bond acceptors (Lipinski definition) is 4. The van der Waals surface area contributed by atoms with Crippen LogP contribution in [0, 0.1) is 11.9 Å². The van der Waals surface area contributed by atoms with Gasteiger partial charge < -0.3 is 14.9 Å². The molecule has 1 heterocycles. The van der Waals surface area contributed by atoms with Crippen molar-refractivity contribution in [1.29, 1.82) is 0 Å². The quantitative estimate of drug-likeness (QED) is 0.280. The Hall–Kier alpha value is -2.54. The lowest BCUT2D eigenvalue weighted by molar-refractivity contribution is -0.141. The number of aromatic hydroxyl groups is 1. The molecule has 1 atom stereocenters. The van der Waals surface area contributed by atoms with Gasteiger partial charge in [0.15, 0.2) is 5.75 Å². The van der Waals surface area contributed by atoms with Gasteiger partial charge in [0.05, 0.1) is 11.6 Å². The minimum Gasteiger partial charge on any atom is -0.508 e. The van der Waals surface area contributed by atoms with Crippen LogP contribution in [0.5, 0.6) is 17.2 Å².